The summed E-state index contributed by atoms with van der Waals surface area (Å²) in [4.78, 5) is 0. The average molecular weight is 112 g/mol. The summed E-state index contributed by atoms with van der Waals surface area (Å²) in [6.45, 7) is 0. The van der Waals surface area contributed by atoms with Gasteiger partial charge in [0.1, 0.15) is 0 Å². The Labute approximate surface area is 49.2 Å². The highest BCUT2D eigenvalue weighted by molar-refractivity contribution is 5.85. The quantitative estimate of drug-likeness (QED) is 0.374. The fourth-order valence-electron chi connectivity index (χ4n) is 0.912. The van der Waals surface area contributed by atoms with Crippen molar-refractivity contribution in [3.8, 4) is 0 Å². The zero-order chi connectivity index (χ0) is 5.82. The lowest BCUT2D eigenvalue weighted by atomic mass is 9.99. The topological polar surface area (TPSA) is 32.6 Å². The van der Waals surface area contributed by atoms with Crippen LogP contribution in [0.2, 0.25) is 0 Å². The van der Waals surface area contributed by atoms with E-state index in [1.807, 2.05) is 0 Å². The molecular weight excluding hydrogens is 102 g/mol. The van der Waals surface area contributed by atoms with Crippen LogP contribution in [0.4, 0.5) is 0 Å². The van der Waals surface area contributed by atoms with Crippen molar-refractivity contribution >= 4 is 5.71 Å². The van der Waals surface area contributed by atoms with Gasteiger partial charge in [-0.1, -0.05) is 5.16 Å². The van der Waals surface area contributed by atoms with E-state index >= 15 is 0 Å². The molecule has 0 aromatic heterocycles. The molecule has 0 spiro atoms. The molecule has 0 bridgehead atoms. The van der Waals surface area contributed by atoms with Crippen LogP contribution < -0.4 is 0 Å². The Morgan fingerprint density at radius 1 is 1.62 bits per heavy atom. The minimum absolute atomic E-state index is 0.885. The molecule has 2 nitrogen and oxygen atoms in total. The minimum Gasteiger partial charge on any atom is -0.411 e. The highest BCUT2D eigenvalue weighted by Crippen LogP contribution is 2.12. The van der Waals surface area contributed by atoms with Crippen LogP contribution in [0.5, 0.6) is 0 Å². The molecule has 0 atom stereocenters. The van der Waals surface area contributed by atoms with Crippen molar-refractivity contribution in [2.45, 2.75) is 25.7 Å². The monoisotopic (exact) mass is 112 g/mol. The van der Waals surface area contributed by atoms with E-state index in [2.05, 4.69) is 11.6 Å². The summed E-state index contributed by atoms with van der Waals surface area (Å²) in [7, 11) is 0. The summed E-state index contributed by atoms with van der Waals surface area (Å²) in [6, 6.07) is 0. The molecule has 0 saturated heterocycles. The Hall–Kier alpha value is -0.530. The van der Waals surface area contributed by atoms with Crippen LogP contribution in [0.25, 0.3) is 0 Å². The maximum atomic E-state index is 8.26. The van der Waals surface area contributed by atoms with Gasteiger partial charge in [-0.05, 0) is 32.1 Å². The van der Waals surface area contributed by atoms with E-state index < -0.39 is 0 Å². The first-order valence-electron chi connectivity index (χ1n) is 2.95. The molecule has 8 heavy (non-hydrogen) atoms. The van der Waals surface area contributed by atoms with Gasteiger partial charge in [0.05, 0.1) is 5.71 Å². The molecule has 0 amide bonds. The predicted molar refractivity (Wildman–Crippen MR) is 32.0 cm³/mol. The second-order valence-corrected chi connectivity index (χ2v) is 2.05. The third-order valence-electron chi connectivity index (χ3n) is 1.39. The minimum atomic E-state index is 0.885. The van der Waals surface area contributed by atoms with Crippen molar-refractivity contribution in [2.75, 3.05) is 0 Å². The van der Waals surface area contributed by atoms with Crippen molar-refractivity contribution in [2.24, 2.45) is 5.16 Å². The van der Waals surface area contributed by atoms with E-state index in [-0.39, 0.29) is 0 Å². The first-order chi connectivity index (χ1) is 3.93. The summed E-state index contributed by atoms with van der Waals surface area (Å²) in [6.07, 6.45) is 6.35. The first-order valence-corrected chi connectivity index (χ1v) is 2.95. The molecule has 45 valence electrons. The number of nitrogens with zero attached hydrogens (tertiary/aromatic N) is 1. The van der Waals surface area contributed by atoms with Gasteiger partial charge in [-0.25, -0.2) is 0 Å². The Morgan fingerprint density at radius 3 is 2.88 bits per heavy atom. The highest BCUT2D eigenvalue weighted by atomic mass is 16.4. The van der Waals surface area contributed by atoms with Crippen molar-refractivity contribution in [1.82, 2.24) is 0 Å². The van der Waals surface area contributed by atoms with E-state index in [4.69, 9.17) is 5.21 Å². The summed E-state index contributed by atoms with van der Waals surface area (Å²) in [5, 5.41) is 11.4. The average Bonchev–Trinajstić information content (AvgIpc) is 1.90. The smallest absolute Gasteiger partial charge is 0.0573 e. The highest BCUT2D eigenvalue weighted by Gasteiger charge is 2.05. The number of hydrogen-bond donors (Lipinski definition) is 1. The van der Waals surface area contributed by atoms with Gasteiger partial charge in [0, 0.05) is 0 Å². The van der Waals surface area contributed by atoms with Crippen LogP contribution in [-0.4, -0.2) is 10.9 Å². The molecule has 1 aliphatic carbocycles. The van der Waals surface area contributed by atoms with Crippen molar-refractivity contribution < 1.29 is 5.21 Å². The maximum absolute atomic E-state index is 8.26. The fourth-order valence-corrected chi connectivity index (χ4v) is 0.912. The number of hydrogen-bond acceptors (Lipinski definition) is 2. The predicted octanol–water partition coefficient (Wildman–Crippen LogP) is 1.59. The van der Waals surface area contributed by atoms with E-state index in [0.29, 0.717) is 0 Å². The van der Waals surface area contributed by atoms with Gasteiger partial charge >= 0.3 is 0 Å². The third-order valence-corrected chi connectivity index (χ3v) is 1.39. The zero-order valence-electron chi connectivity index (χ0n) is 4.80. The van der Waals surface area contributed by atoms with Crippen molar-refractivity contribution in [1.29, 1.82) is 0 Å². The Morgan fingerprint density at radius 2 is 2.50 bits per heavy atom. The van der Waals surface area contributed by atoms with Gasteiger partial charge in [-0.15, -0.1) is 0 Å². The fraction of sp³-hybridized carbons (Fsp3) is 0.667. The maximum Gasteiger partial charge on any atom is 0.0573 e. The molecule has 1 aliphatic rings. The molecule has 1 radical (unpaired) electrons. The molecule has 2 heteroatoms. The van der Waals surface area contributed by atoms with Crippen LogP contribution in [0.15, 0.2) is 5.16 Å². The Balaban J connectivity index is 2.33. The molecule has 0 aromatic rings. The van der Waals surface area contributed by atoms with E-state index in [0.717, 1.165) is 25.0 Å². The number of oxime groups is 1. The standard InChI is InChI=1S/C6H10NO/c8-7-6-4-2-1-3-5-6/h2,8H,1,3-5H2/b7-6+. The first kappa shape index (κ1) is 5.60. The molecule has 0 aromatic carbocycles. The van der Waals surface area contributed by atoms with E-state index in [1.54, 1.807) is 0 Å². The Bertz CT molecular complexity index is 90.7. The molecule has 1 fully saturated rings. The van der Waals surface area contributed by atoms with E-state index in [9.17, 15) is 0 Å². The van der Waals surface area contributed by atoms with Gasteiger partial charge in [-0.2, -0.15) is 0 Å². The van der Waals surface area contributed by atoms with Gasteiger partial charge in [0.2, 0.25) is 0 Å². The number of rotatable bonds is 0. The molecule has 0 aliphatic heterocycles. The van der Waals surface area contributed by atoms with Crippen LogP contribution >= 0.6 is 0 Å². The normalized spacial score (nSPS) is 26.2. The summed E-state index contributed by atoms with van der Waals surface area (Å²) < 4.78 is 0. The summed E-state index contributed by atoms with van der Waals surface area (Å²) in [5.41, 5.74) is 0.927. The SMILES string of the molecule is O/N=C1\C[CH]CCC1. The van der Waals surface area contributed by atoms with Gasteiger partial charge in [0.15, 0.2) is 0 Å². The lowest BCUT2D eigenvalue weighted by Gasteiger charge is -2.08. The summed E-state index contributed by atoms with van der Waals surface area (Å²) in [5.74, 6) is 0. The molecule has 1 saturated carbocycles. The van der Waals surface area contributed by atoms with Crippen molar-refractivity contribution in [3.05, 3.63) is 6.42 Å². The molecular formula is C6H10NO. The second kappa shape index (κ2) is 2.70. The Kier molecular flexibility index (Phi) is 1.89. The lowest BCUT2D eigenvalue weighted by molar-refractivity contribution is 0.315. The van der Waals surface area contributed by atoms with Crippen LogP contribution in [-0.2, 0) is 0 Å². The van der Waals surface area contributed by atoms with Gasteiger partial charge < -0.3 is 5.21 Å². The zero-order valence-corrected chi connectivity index (χ0v) is 4.80. The van der Waals surface area contributed by atoms with Crippen LogP contribution in [0.3, 0.4) is 0 Å². The molecule has 0 unspecified atom stereocenters. The second-order valence-electron chi connectivity index (χ2n) is 2.05. The molecule has 1 rings (SSSR count). The third kappa shape index (κ3) is 1.22. The largest absolute Gasteiger partial charge is 0.411 e. The lowest BCUT2D eigenvalue weighted by Crippen LogP contribution is -2.04. The van der Waals surface area contributed by atoms with E-state index in [1.165, 1.54) is 6.42 Å². The van der Waals surface area contributed by atoms with Gasteiger partial charge in [0.25, 0.3) is 0 Å². The molecule has 1 N–H and O–H groups in total. The van der Waals surface area contributed by atoms with Gasteiger partial charge in [-0.3, -0.25) is 0 Å². The van der Waals surface area contributed by atoms with Crippen LogP contribution in [0, 0.1) is 6.42 Å². The van der Waals surface area contributed by atoms with Crippen molar-refractivity contribution in [3.63, 3.8) is 0 Å². The van der Waals surface area contributed by atoms with Crippen LogP contribution in [0.1, 0.15) is 25.7 Å². The summed E-state index contributed by atoms with van der Waals surface area (Å²) >= 11 is 0. The molecule has 0 heterocycles.